The summed E-state index contributed by atoms with van der Waals surface area (Å²) in [4.78, 5) is 14.3. The number of rotatable bonds is 2. The van der Waals surface area contributed by atoms with E-state index in [2.05, 4.69) is 0 Å². The number of fused-ring (bicyclic) bond motifs is 1. The predicted molar refractivity (Wildman–Crippen MR) is 77.3 cm³/mol. The zero-order valence-corrected chi connectivity index (χ0v) is 12.0. The van der Waals surface area contributed by atoms with Crippen LogP contribution in [0.25, 0.3) is 0 Å². The van der Waals surface area contributed by atoms with Crippen LogP contribution in [0.2, 0.25) is 0 Å². The second-order valence-corrected chi connectivity index (χ2v) is 6.08. The minimum absolute atomic E-state index is 0.00846. The van der Waals surface area contributed by atoms with Crippen LogP contribution in [0.3, 0.4) is 0 Å². The molecule has 0 radical (unpaired) electrons. The van der Waals surface area contributed by atoms with Gasteiger partial charge in [-0.25, -0.2) is 0 Å². The summed E-state index contributed by atoms with van der Waals surface area (Å²) in [5.41, 5.74) is 7.40. The number of carbonyl (C=O) groups is 1. The highest BCUT2D eigenvalue weighted by atomic mass is 16.6. The van der Waals surface area contributed by atoms with Crippen LogP contribution < -0.4 is 15.2 Å². The Balaban J connectivity index is 1.70. The monoisotopic (exact) mass is 288 g/mol. The van der Waals surface area contributed by atoms with Gasteiger partial charge in [-0.1, -0.05) is 6.07 Å². The summed E-state index contributed by atoms with van der Waals surface area (Å²) in [7, 11) is 0. The molecule has 112 valence electrons. The lowest BCUT2D eigenvalue weighted by molar-refractivity contribution is -0.138. The number of nitrogens with zero attached hydrogens (tertiary/aromatic N) is 1. The van der Waals surface area contributed by atoms with Crippen LogP contribution in [0.4, 0.5) is 0 Å². The number of hydrogen-bond acceptors (Lipinski definition) is 4. The Hall–Kier alpha value is -1.75. The first kappa shape index (κ1) is 13.0. The van der Waals surface area contributed by atoms with Crippen molar-refractivity contribution in [2.75, 3.05) is 13.2 Å². The summed E-state index contributed by atoms with van der Waals surface area (Å²) in [5.74, 6) is 1.78. The van der Waals surface area contributed by atoms with Crippen LogP contribution in [-0.4, -0.2) is 36.1 Å². The van der Waals surface area contributed by atoms with Crippen molar-refractivity contribution in [2.24, 2.45) is 5.73 Å². The number of nitrogens with two attached hydrogens (primary N) is 1. The van der Waals surface area contributed by atoms with Crippen molar-refractivity contribution >= 4 is 5.91 Å². The molecule has 3 aliphatic rings. The van der Waals surface area contributed by atoms with Crippen LogP contribution >= 0.6 is 0 Å². The van der Waals surface area contributed by atoms with Gasteiger partial charge in [0, 0.05) is 18.5 Å². The molecular weight excluding hydrogens is 268 g/mol. The molecule has 1 amide bonds. The van der Waals surface area contributed by atoms with Crippen molar-refractivity contribution in [3.8, 4) is 11.5 Å². The van der Waals surface area contributed by atoms with Gasteiger partial charge in [0.1, 0.15) is 13.2 Å². The first-order chi connectivity index (χ1) is 10.2. The van der Waals surface area contributed by atoms with Gasteiger partial charge in [-0.05, 0) is 37.0 Å². The molecule has 2 N–H and O–H groups in total. The predicted octanol–water partition coefficient (Wildman–Crippen LogP) is 1.61. The van der Waals surface area contributed by atoms with E-state index in [-0.39, 0.29) is 18.0 Å². The van der Waals surface area contributed by atoms with Gasteiger partial charge in [0.25, 0.3) is 0 Å². The third-order valence-electron chi connectivity index (χ3n) is 4.53. The summed E-state index contributed by atoms with van der Waals surface area (Å²) in [6.07, 6.45) is 3.51. The zero-order valence-electron chi connectivity index (χ0n) is 12.0. The van der Waals surface area contributed by atoms with Crippen molar-refractivity contribution in [2.45, 2.75) is 43.8 Å². The molecule has 0 spiro atoms. The lowest BCUT2D eigenvalue weighted by Gasteiger charge is -2.40. The number of ether oxygens (including phenoxy) is 2. The third kappa shape index (κ3) is 2.25. The topological polar surface area (TPSA) is 64.8 Å². The normalized spacial score (nSPS) is 28.6. The van der Waals surface area contributed by atoms with Gasteiger partial charge < -0.3 is 20.1 Å². The number of likely N-dealkylation sites (tertiary alicyclic amines) is 1. The van der Waals surface area contributed by atoms with Gasteiger partial charge in [-0.3, -0.25) is 4.79 Å². The molecule has 2 unspecified atom stereocenters. The maximum atomic E-state index is 12.3. The molecule has 1 aromatic carbocycles. The van der Waals surface area contributed by atoms with Crippen molar-refractivity contribution in [3.63, 3.8) is 0 Å². The maximum absolute atomic E-state index is 12.3. The Labute approximate surface area is 124 Å². The Bertz CT molecular complexity index is 571. The first-order valence-corrected chi connectivity index (χ1v) is 7.70. The van der Waals surface area contributed by atoms with Gasteiger partial charge in [-0.15, -0.1) is 0 Å². The molecule has 1 aliphatic carbocycles. The quantitative estimate of drug-likeness (QED) is 0.898. The average Bonchev–Trinajstić information content (AvgIpc) is 3.33. The van der Waals surface area contributed by atoms with Crippen molar-refractivity contribution in [1.29, 1.82) is 0 Å². The maximum Gasteiger partial charge on any atom is 0.223 e. The van der Waals surface area contributed by atoms with E-state index in [1.165, 1.54) is 0 Å². The summed E-state index contributed by atoms with van der Waals surface area (Å²) in [5, 5.41) is 0. The molecule has 5 heteroatoms. The lowest BCUT2D eigenvalue weighted by atomic mass is 9.90. The fourth-order valence-corrected chi connectivity index (χ4v) is 3.37. The van der Waals surface area contributed by atoms with Crippen molar-refractivity contribution in [3.05, 3.63) is 23.8 Å². The molecule has 2 fully saturated rings. The zero-order chi connectivity index (χ0) is 14.4. The lowest BCUT2D eigenvalue weighted by Crippen LogP contribution is -2.49. The molecule has 4 rings (SSSR count). The summed E-state index contributed by atoms with van der Waals surface area (Å²) >= 11 is 0. The van der Waals surface area contributed by atoms with E-state index in [1.807, 2.05) is 23.1 Å². The molecule has 2 heterocycles. The van der Waals surface area contributed by atoms with Gasteiger partial charge >= 0.3 is 0 Å². The van der Waals surface area contributed by atoms with E-state index in [9.17, 15) is 4.79 Å². The SMILES string of the molecule is NC1CCC(=O)N(C2CC2)C1c1ccc2c(c1)OCCO2. The first-order valence-electron chi connectivity index (χ1n) is 7.70. The van der Waals surface area contributed by atoms with Gasteiger partial charge in [0.2, 0.25) is 5.91 Å². The molecule has 0 aromatic heterocycles. The van der Waals surface area contributed by atoms with Crippen LogP contribution in [-0.2, 0) is 4.79 Å². The van der Waals surface area contributed by atoms with E-state index in [4.69, 9.17) is 15.2 Å². The molecule has 2 aliphatic heterocycles. The largest absolute Gasteiger partial charge is 0.486 e. The Kier molecular flexibility index (Phi) is 3.03. The van der Waals surface area contributed by atoms with Crippen molar-refractivity contribution < 1.29 is 14.3 Å². The van der Waals surface area contributed by atoms with E-state index in [0.717, 1.165) is 36.3 Å². The van der Waals surface area contributed by atoms with E-state index in [0.29, 0.717) is 25.7 Å². The molecule has 2 atom stereocenters. The Morgan fingerprint density at radius 3 is 2.62 bits per heavy atom. The highest BCUT2D eigenvalue weighted by molar-refractivity contribution is 5.78. The standard InChI is InChI=1S/C16H20N2O3/c17-12-4-6-15(19)18(11-2-3-11)16(12)10-1-5-13-14(9-10)21-8-7-20-13/h1,5,9,11-12,16H,2-4,6-8,17H2. The molecule has 5 nitrogen and oxygen atoms in total. The van der Waals surface area contributed by atoms with E-state index < -0.39 is 0 Å². The number of benzene rings is 1. The average molecular weight is 288 g/mol. The second-order valence-electron chi connectivity index (χ2n) is 6.08. The van der Waals surface area contributed by atoms with Gasteiger partial charge in [-0.2, -0.15) is 0 Å². The molecule has 1 saturated carbocycles. The highest BCUT2D eigenvalue weighted by Gasteiger charge is 2.43. The van der Waals surface area contributed by atoms with E-state index >= 15 is 0 Å². The third-order valence-corrected chi connectivity index (χ3v) is 4.53. The Morgan fingerprint density at radius 2 is 1.86 bits per heavy atom. The van der Waals surface area contributed by atoms with Crippen LogP contribution in [0, 0.1) is 0 Å². The fourth-order valence-electron chi connectivity index (χ4n) is 3.37. The summed E-state index contributed by atoms with van der Waals surface area (Å²) in [6, 6.07) is 6.28. The molecule has 1 saturated heterocycles. The van der Waals surface area contributed by atoms with E-state index in [1.54, 1.807) is 0 Å². The van der Waals surface area contributed by atoms with Gasteiger partial charge in [0.15, 0.2) is 11.5 Å². The van der Waals surface area contributed by atoms with Crippen LogP contribution in [0.5, 0.6) is 11.5 Å². The van der Waals surface area contributed by atoms with Gasteiger partial charge in [0.05, 0.1) is 6.04 Å². The smallest absolute Gasteiger partial charge is 0.223 e. The summed E-state index contributed by atoms with van der Waals surface area (Å²) < 4.78 is 11.2. The number of hydrogen-bond donors (Lipinski definition) is 1. The number of carbonyl (C=O) groups excluding carboxylic acids is 1. The molecular formula is C16H20N2O3. The molecule has 0 bridgehead atoms. The molecule has 21 heavy (non-hydrogen) atoms. The van der Waals surface area contributed by atoms with Crippen LogP contribution in [0.15, 0.2) is 18.2 Å². The Morgan fingerprint density at radius 1 is 1.10 bits per heavy atom. The fraction of sp³-hybridized carbons (Fsp3) is 0.562. The van der Waals surface area contributed by atoms with Crippen molar-refractivity contribution in [1.82, 2.24) is 4.90 Å². The van der Waals surface area contributed by atoms with Crippen LogP contribution in [0.1, 0.15) is 37.3 Å². The molecule has 1 aromatic rings. The number of amides is 1. The number of piperidine rings is 1. The minimum atomic E-state index is -0.0328. The minimum Gasteiger partial charge on any atom is -0.486 e. The highest BCUT2D eigenvalue weighted by Crippen LogP contribution is 2.42. The summed E-state index contributed by atoms with van der Waals surface area (Å²) in [6.45, 7) is 1.15. The second kappa shape index (κ2) is 4.91.